The molecule has 17 heavy (non-hydrogen) atoms. The lowest BCUT2D eigenvalue weighted by molar-refractivity contribution is -0.0545. The van der Waals surface area contributed by atoms with Crippen LogP contribution in [0, 0.1) is 11.8 Å². The molecule has 2 saturated heterocycles. The van der Waals surface area contributed by atoms with Crippen LogP contribution >= 0.6 is 0 Å². The van der Waals surface area contributed by atoms with E-state index in [0.29, 0.717) is 30.0 Å². The molecule has 0 aromatic carbocycles. The minimum absolute atomic E-state index is 0.365. The third kappa shape index (κ3) is 3.21. The molecule has 0 saturated carbocycles. The van der Waals surface area contributed by atoms with E-state index in [0.717, 1.165) is 13.2 Å². The zero-order chi connectivity index (χ0) is 12.4. The predicted octanol–water partition coefficient (Wildman–Crippen LogP) is 1.86. The first-order chi connectivity index (χ1) is 8.08. The fraction of sp³-hybridized carbons (Fsp3) is 1.00. The summed E-state index contributed by atoms with van der Waals surface area (Å²) in [7, 11) is 0. The largest absolute Gasteiger partial charge is 0.378 e. The van der Waals surface area contributed by atoms with E-state index in [-0.39, 0.29) is 0 Å². The Morgan fingerprint density at radius 2 is 2.06 bits per heavy atom. The number of nitrogens with zero attached hydrogens (tertiary/aromatic N) is 1. The average molecular weight is 240 g/mol. The van der Waals surface area contributed by atoms with Crippen molar-refractivity contribution in [3.63, 3.8) is 0 Å². The van der Waals surface area contributed by atoms with E-state index in [1.807, 2.05) is 0 Å². The first kappa shape index (κ1) is 13.3. The van der Waals surface area contributed by atoms with Gasteiger partial charge in [0.05, 0.1) is 6.10 Å². The Balaban J connectivity index is 1.89. The molecule has 0 spiro atoms. The first-order valence-electron chi connectivity index (χ1n) is 7.19. The summed E-state index contributed by atoms with van der Waals surface area (Å²) in [5.41, 5.74) is 6.20. The zero-order valence-corrected chi connectivity index (χ0v) is 11.6. The van der Waals surface area contributed by atoms with Gasteiger partial charge in [-0.25, -0.2) is 0 Å². The molecule has 0 amide bonds. The Labute approximate surface area is 106 Å². The maximum absolute atomic E-state index is 6.20. The SMILES string of the molecule is CC(C)C1CC(N2CCC(C)C(N)C2)CCO1. The Kier molecular flexibility index (Phi) is 4.45. The third-order valence-corrected chi connectivity index (χ3v) is 4.60. The van der Waals surface area contributed by atoms with E-state index in [1.54, 1.807) is 0 Å². The maximum Gasteiger partial charge on any atom is 0.0612 e. The second-order valence-corrected chi connectivity index (χ2v) is 6.26. The van der Waals surface area contributed by atoms with E-state index in [2.05, 4.69) is 25.7 Å². The Bertz CT molecular complexity index is 244. The summed E-state index contributed by atoms with van der Waals surface area (Å²) in [5.74, 6) is 1.32. The molecule has 2 fully saturated rings. The third-order valence-electron chi connectivity index (χ3n) is 4.60. The van der Waals surface area contributed by atoms with Gasteiger partial charge in [-0.05, 0) is 37.6 Å². The highest BCUT2D eigenvalue weighted by molar-refractivity contribution is 4.87. The van der Waals surface area contributed by atoms with Gasteiger partial charge in [0.25, 0.3) is 0 Å². The van der Waals surface area contributed by atoms with Crippen LogP contribution in [0.2, 0.25) is 0 Å². The lowest BCUT2D eigenvalue weighted by Gasteiger charge is -2.43. The van der Waals surface area contributed by atoms with Crippen molar-refractivity contribution in [1.82, 2.24) is 4.90 Å². The van der Waals surface area contributed by atoms with Crippen molar-refractivity contribution in [2.24, 2.45) is 17.6 Å². The van der Waals surface area contributed by atoms with Crippen LogP contribution in [0.5, 0.6) is 0 Å². The van der Waals surface area contributed by atoms with Gasteiger partial charge in [0, 0.05) is 25.2 Å². The van der Waals surface area contributed by atoms with E-state index in [1.165, 1.54) is 25.8 Å². The van der Waals surface area contributed by atoms with Gasteiger partial charge in [-0.2, -0.15) is 0 Å². The van der Waals surface area contributed by atoms with Crippen molar-refractivity contribution in [3.05, 3.63) is 0 Å². The number of nitrogens with two attached hydrogens (primary N) is 1. The summed E-state index contributed by atoms with van der Waals surface area (Å²) in [6, 6.07) is 1.07. The number of likely N-dealkylation sites (tertiary alicyclic amines) is 1. The molecule has 4 atom stereocenters. The highest BCUT2D eigenvalue weighted by Gasteiger charge is 2.32. The van der Waals surface area contributed by atoms with Crippen molar-refractivity contribution in [3.8, 4) is 0 Å². The maximum atomic E-state index is 6.20. The van der Waals surface area contributed by atoms with Crippen LogP contribution in [0.1, 0.15) is 40.0 Å². The predicted molar refractivity (Wildman–Crippen MR) is 70.9 cm³/mol. The van der Waals surface area contributed by atoms with Crippen LogP contribution in [0.25, 0.3) is 0 Å². The van der Waals surface area contributed by atoms with Crippen LogP contribution in [0.15, 0.2) is 0 Å². The molecular formula is C14H28N2O. The molecule has 0 aromatic heterocycles. The van der Waals surface area contributed by atoms with Crippen molar-refractivity contribution in [2.45, 2.75) is 58.2 Å². The Morgan fingerprint density at radius 1 is 1.29 bits per heavy atom. The minimum atomic E-state index is 0.365. The number of piperidine rings is 1. The molecule has 2 rings (SSSR count). The molecule has 2 aliphatic heterocycles. The second kappa shape index (κ2) is 5.68. The monoisotopic (exact) mass is 240 g/mol. The van der Waals surface area contributed by atoms with Gasteiger partial charge in [-0.15, -0.1) is 0 Å². The zero-order valence-electron chi connectivity index (χ0n) is 11.6. The van der Waals surface area contributed by atoms with Gasteiger partial charge < -0.3 is 10.5 Å². The molecule has 100 valence electrons. The average Bonchev–Trinajstić information content (AvgIpc) is 2.33. The molecule has 2 N–H and O–H groups in total. The summed E-state index contributed by atoms with van der Waals surface area (Å²) in [5, 5.41) is 0. The van der Waals surface area contributed by atoms with E-state index < -0.39 is 0 Å². The van der Waals surface area contributed by atoms with Gasteiger partial charge in [-0.3, -0.25) is 4.90 Å². The molecule has 2 aliphatic rings. The molecule has 3 nitrogen and oxygen atoms in total. The molecule has 4 unspecified atom stereocenters. The van der Waals surface area contributed by atoms with Crippen molar-refractivity contribution < 1.29 is 4.74 Å². The smallest absolute Gasteiger partial charge is 0.0612 e. The lowest BCUT2D eigenvalue weighted by Crippen LogP contribution is -2.53. The van der Waals surface area contributed by atoms with Crippen LogP contribution in [-0.4, -0.2) is 42.8 Å². The standard InChI is InChI=1S/C14H28N2O/c1-10(2)14-8-12(5-7-17-14)16-6-4-11(3)13(15)9-16/h10-14H,4-9,15H2,1-3H3. The Hall–Kier alpha value is -0.120. The number of ether oxygens (including phenoxy) is 1. The number of rotatable bonds is 2. The molecular weight excluding hydrogens is 212 g/mol. The molecule has 3 heteroatoms. The van der Waals surface area contributed by atoms with Crippen molar-refractivity contribution in [2.75, 3.05) is 19.7 Å². The van der Waals surface area contributed by atoms with E-state index >= 15 is 0 Å². The molecule has 0 radical (unpaired) electrons. The van der Waals surface area contributed by atoms with Crippen LogP contribution in [-0.2, 0) is 4.74 Å². The van der Waals surface area contributed by atoms with Crippen LogP contribution in [0.4, 0.5) is 0 Å². The highest BCUT2D eigenvalue weighted by Crippen LogP contribution is 2.27. The van der Waals surface area contributed by atoms with Crippen LogP contribution in [0.3, 0.4) is 0 Å². The molecule has 2 heterocycles. The fourth-order valence-corrected chi connectivity index (χ4v) is 3.06. The number of hydrogen-bond donors (Lipinski definition) is 1. The van der Waals surface area contributed by atoms with Gasteiger partial charge in [0.1, 0.15) is 0 Å². The van der Waals surface area contributed by atoms with Gasteiger partial charge in [0.2, 0.25) is 0 Å². The van der Waals surface area contributed by atoms with E-state index in [9.17, 15) is 0 Å². The summed E-state index contributed by atoms with van der Waals surface area (Å²) in [6.07, 6.45) is 4.08. The second-order valence-electron chi connectivity index (χ2n) is 6.26. The Morgan fingerprint density at radius 3 is 2.71 bits per heavy atom. The van der Waals surface area contributed by atoms with Crippen molar-refractivity contribution >= 4 is 0 Å². The first-order valence-corrected chi connectivity index (χ1v) is 7.19. The minimum Gasteiger partial charge on any atom is -0.378 e. The fourth-order valence-electron chi connectivity index (χ4n) is 3.06. The molecule has 0 aliphatic carbocycles. The summed E-state index contributed by atoms with van der Waals surface area (Å²) < 4.78 is 5.85. The van der Waals surface area contributed by atoms with E-state index in [4.69, 9.17) is 10.5 Å². The summed E-state index contributed by atoms with van der Waals surface area (Å²) in [6.45, 7) is 10.0. The van der Waals surface area contributed by atoms with Gasteiger partial charge in [-0.1, -0.05) is 20.8 Å². The van der Waals surface area contributed by atoms with Crippen molar-refractivity contribution in [1.29, 1.82) is 0 Å². The topological polar surface area (TPSA) is 38.5 Å². The van der Waals surface area contributed by atoms with Crippen LogP contribution < -0.4 is 5.73 Å². The summed E-state index contributed by atoms with van der Waals surface area (Å²) in [4.78, 5) is 2.61. The molecule has 0 aromatic rings. The normalized spacial score (nSPS) is 40.8. The number of hydrogen-bond acceptors (Lipinski definition) is 3. The highest BCUT2D eigenvalue weighted by atomic mass is 16.5. The molecule has 0 bridgehead atoms. The lowest BCUT2D eigenvalue weighted by atomic mass is 9.89. The van der Waals surface area contributed by atoms with Gasteiger partial charge in [0.15, 0.2) is 0 Å². The van der Waals surface area contributed by atoms with Gasteiger partial charge >= 0.3 is 0 Å². The summed E-state index contributed by atoms with van der Waals surface area (Å²) >= 11 is 0. The quantitative estimate of drug-likeness (QED) is 0.800.